The summed E-state index contributed by atoms with van der Waals surface area (Å²) in [6.45, 7) is 5.94. The predicted octanol–water partition coefficient (Wildman–Crippen LogP) is 5.46. The number of rotatable bonds is 3. The monoisotopic (exact) mass is 436 g/mol. The fraction of sp³-hybridized carbons (Fsp3) is 0.476. The van der Waals surface area contributed by atoms with Crippen LogP contribution in [0.4, 0.5) is 13.2 Å². The van der Waals surface area contributed by atoms with Gasteiger partial charge in [-0.05, 0) is 51.8 Å². The number of hydrogen-bond donors (Lipinski definition) is 0. The number of alkyl halides is 3. The molecule has 1 saturated heterocycles. The Morgan fingerprint density at radius 2 is 2.07 bits per heavy atom. The van der Waals surface area contributed by atoms with Crippen LogP contribution in [0.15, 0.2) is 24.4 Å². The summed E-state index contributed by atoms with van der Waals surface area (Å²) in [4.78, 5) is 21.4. The summed E-state index contributed by atoms with van der Waals surface area (Å²) in [6, 6.07) is 5.65. The molecule has 1 unspecified atom stereocenters. The molecule has 0 aromatic carbocycles. The van der Waals surface area contributed by atoms with Gasteiger partial charge in [0.15, 0.2) is 5.65 Å². The van der Waals surface area contributed by atoms with Crippen LogP contribution in [0.3, 0.4) is 0 Å². The lowest BCUT2D eigenvalue weighted by Gasteiger charge is -2.34. The third-order valence-electron chi connectivity index (χ3n) is 5.45. The number of nitrogens with zero attached hydrogens (tertiary/aromatic N) is 4. The highest BCUT2D eigenvalue weighted by molar-refractivity contribution is 7.15. The Morgan fingerprint density at radius 1 is 1.30 bits per heavy atom. The highest BCUT2D eigenvalue weighted by Gasteiger charge is 2.43. The Morgan fingerprint density at radius 3 is 2.70 bits per heavy atom. The molecule has 0 radical (unpaired) electrons. The fourth-order valence-corrected chi connectivity index (χ4v) is 4.70. The second-order valence-corrected chi connectivity index (χ2v) is 9.31. The molecule has 1 fully saturated rings. The molecule has 0 spiro atoms. The SMILES string of the molecule is Cc1ccc(-c2cc(C(=O)N3CCCC(C(F)(F)F)C3)c3cnn(C(C)C)c3n2)s1. The van der Waals surface area contributed by atoms with Crippen LogP contribution in [0, 0.1) is 12.8 Å². The Kier molecular flexibility index (Phi) is 5.34. The molecule has 0 N–H and O–H groups in total. The van der Waals surface area contributed by atoms with Crippen molar-refractivity contribution in [2.45, 2.75) is 45.8 Å². The van der Waals surface area contributed by atoms with Gasteiger partial charge in [-0.2, -0.15) is 18.3 Å². The lowest BCUT2D eigenvalue weighted by Crippen LogP contribution is -2.44. The molecular weight excluding hydrogens is 413 g/mol. The number of fused-ring (bicyclic) bond motifs is 1. The highest BCUT2D eigenvalue weighted by Crippen LogP contribution is 2.35. The first-order chi connectivity index (χ1) is 14.1. The van der Waals surface area contributed by atoms with E-state index in [4.69, 9.17) is 4.98 Å². The Balaban J connectivity index is 1.80. The smallest absolute Gasteiger partial charge is 0.338 e. The Bertz CT molecular complexity index is 1090. The van der Waals surface area contributed by atoms with Crippen molar-refractivity contribution < 1.29 is 18.0 Å². The van der Waals surface area contributed by atoms with E-state index >= 15 is 0 Å². The molecule has 1 atom stereocenters. The van der Waals surface area contributed by atoms with Crippen molar-refractivity contribution in [2.24, 2.45) is 5.92 Å². The summed E-state index contributed by atoms with van der Waals surface area (Å²) in [5, 5.41) is 4.95. The highest BCUT2D eigenvalue weighted by atomic mass is 32.1. The number of likely N-dealkylation sites (tertiary alicyclic amines) is 1. The standard InChI is InChI=1S/C21H23F3N4OS/c1-12(2)28-19-16(10-25-28)15(9-17(26-19)18-7-6-13(3)30-18)20(29)27-8-4-5-14(11-27)21(22,23)24/h6-7,9-10,12,14H,4-5,8,11H2,1-3H3. The molecule has 1 aliphatic heterocycles. The number of piperidine rings is 1. The maximum atomic E-state index is 13.4. The van der Waals surface area contributed by atoms with Crippen molar-refractivity contribution in [3.05, 3.63) is 34.8 Å². The fourth-order valence-electron chi connectivity index (χ4n) is 3.87. The minimum atomic E-state index is -4.30. The summed E-state index contributed by atoms with van der Waals surface area (Å²) >= 11 is 1.56. The molecule has 160 valence electrons. The van der Waals surface area contributed by atoms with E-state index in [0.717, 1.165) is 9.75 Å². The first kappa shape index (κ1) is 20.8. The summed E-state index contributed by atoms with van der Waals surface area (Å²) in [5.74, 6) is -1.88. The molecule has 4 heterocycles. The van der Waals surface area contributed by atoms with Crippen LogP contribution in [0.2, 0.25) is 0 Å². The number of carbonyl (C=O) groups excluding carboxylic acids is 1. The van der Waals surface area contributed by atoms with Crippen molar-refractivity contribution in [2.75, 3.05) is 13.1 Å². The van der Waals surface area contributed by atoms with Crippen molar-refractivity contribution in [1.29, 1.82) is 0 Å². The number of halogens is 3. The molecule has 0 saturated carbocycles. The number of amides is 1. The van der Waals surface area contributed by atoms with Crippen LogP contribution < -0.4 is 0 Å². The largest absolute Gasteiger partial charge is 0.393 e. The third kappa shape index (κ3) is 3.82. The molecule has 0 bridgehead atoms. The average molecular weight is 437 g/mol. The van der Waals surface area contributed by atoms with Gasteiger partial charge in [0.05, 0.1) is 33.6 Å². The van der Waals surface area contributed by atoms with Crippen LogP contribution in [0.5, 0.6) is 0 Å². The molecule has 4 rings (SSSR count). The van der Waals surface area contributed by atoms with Gasteiger partial charge >= 0.3 is 6.18 Å². The molecule has 3 aromatic rings. The quantitative estimate of drug-likeness (QED) is 0.548. The summed E-state index contributed by atoms with van der Waals surface area (Å²) in [7, 11) is 0. The maximum absolute atomic E-state index is 13.4. The molecule has 1 amide bonds. The first-order valence-electron chi connectivity index (χ1n) is 9.96. The van der Waals surface area contributed by atoms with Crippen LogP contribution in [-0.4, -0.2) is 44.8 Å². The van der Waals surface area contributed by atoms with Crippen LogP contribution in [-0.2, 0) is 0 Å². The van der Waals surface area contributed by atoms with E-state index in [1.54, 1.807) is 28.3 Å². The zero-order valence-corrected chi connectivity index (χ0v) is 17.8. The molecule has 0 aliphatic carbocycles. The maximum Gasteiger partial charge on any atom is 0.393 e. The average Bonchev–Trinajstić information content (AvgIpc) is 3.32. The minimum absolute atomic E-state index is 0.0304. The van der Waals surface area contributed by atoms with Gasteiger partial charge in [-0.1, -0.05) is 0 Å². The summed E-state index contributed by atoms with van der Waals surface area (Å²) < 4.78 is 41.5. The van der Waals surface area contributed by atoms with Gasteiger partial charge in [0.2, 0.25) is 0 Å². The number of aryl methyl sites for hydroxylation is 1. The summed E-state index contributed by atoms with van der Waals surface area (Å²) in [6.07, 6.45) is -2.31. The number of pyridine rings is 1. The molecular formula is C21H23F3N4OS. The number of hydrogen-bond acceptors (Lipinski definition) is 4. The lowest BCUT2D eigenvalue weighted by molar-refractivity contribution is -0.184. The zero-order valence-electron chi connectivity index (χ0n) is 17.0. The van der Waals surface area contributed by atoms with Crippen molar-refractivity contribution in [3.8, 4) is 10.6 Å². The Hall–Kier alpha value is -2.42. The molecule has 1 aliphatic rings. The second kappa shape index (κ2) is 7.68. The van der Waals surface area contributed by atoms with Crippen molar-refractivity contribution >= 4 is 28.3 Å². The normalized spacial score (nSPS) is 17.8. The van der Waals surface area contributed by atoms with Gasteiger partial charge < -0.3 is 4.90 Å². The predicted molar refractivity (Wildman–Crippen MR) is 111 cm³/mol. The zero-order chi connectivity index (χ0) is 21.6. The van der Waals surface area contributed by atoms with Crippen LogP contribution >= 0.6 is 11.3 Å². The molecule has 5 nitrogen and oxygen atoms in total. The van der Waals surface area contributed by atoms with Crippen molar-refractivity contribution in [1.82, 2.24) is 19.7 Å². The topological polar surface area (TPSA) is 51.0 Å². The van der Waals surface area contributed by atoms with Gasteiger partial charge in [0, 0.05) is 24.0 Å². The van der Waals surface area contributed by atoms with Gasteiger partial charge in [-0.25, -0.2) is 9.67 Å². The van der Waals surface area contributed by atoms with Gasteiger partial charge in [-0.15, -0.1) is 11.3 Å². The number of aromatic nitrogens is 3. The van der Waals surface area contributed by atoms with E-state index in [9.17, 15) is 18.0 Å². The van der Waals surface area contributed by atoms with Gasteiger partial charge in [0.1, 0.15) is 0 Å². The van der Waals surface area contributed by atoms with Crippen LogP contribution in [0.25, 0.3) is 21.6 Å². The molecule has 3 aromatic heterocycles. The third-order valence-corrected chi connectivity index (χ3v) is 6.47. The molecule has 9 heteroatoms. The van der Waals surface area contributed by atoms with Gasteiger partial charge in [0.25, 0.3) is 5.91 Å². The first-order valence-corrected chi connectivity index (χ1v) is 10.8. The number of carbonyl (C=O) groups is 1. The van der Waals surface area contributed by atoms with E-state index in [0.29, 0.717) is 35.3 Å². The lowest BCUT2D eigenvalue weighted by atomic mass is 9.96. The number of thiophene rings is 1. The van der Waals surface area contributed by atoms with E-state index < -0.39 is 18.0 Å². The van der Waals surface area contributed by atoms with Gasteiger partial charge in [-0.3, -0.25) is 4.79 Å². The molecule has 30 heavy (non-hydrogen) atoms. The van der Waals surface area contributed by atoms with E-state index in [1.807, 2.05) is 32.9 Å². The van der Waals surface area contributed by atoms with E-state index in [2.05, 4.69) is 5.10 Å². The van der Waals surface area contributed by atoms with Crippen molar-refractivity contribution in [3.63, 3.8) is 0 Å². The van der Waals surface area contributed by atoms with Crippen LogP contribution in [0.1, 0.15) is 48.0 Å². The summed E-state index contributed by atoms with van der Waals surface area (Å²) in [5.41, 5.74) is 1.56. The second-order valence-electron chi connectivity index (χ2n) is 8.02. The van der Waals surface area contributed by atoms with E-state index in [1.165, 1.54) is 4.90 Å². The Labute approximate surface area is 176 Å². The minimum Gasteiger partial charge on any atom is -0.338 e. The van der Waals surface area contributed by atoms with E-state index in [-0.39, 0.29) is 19.0 Å².